The summed E-state index contributed by atoms with van der Waals surface area (Å²) in [6.07, 6.45) is 2.57. The molecule has 0 fully saturated rings. The van der Waals surface area contributed by atoms with Crippen LogP contribution in [-0.4, -0.2) is 14.9 Å². The molecule has 0 amide bonds. The topological polar surface area (TPSA) is 88.9 Å². The van der Waals surface area contributed by atoms with Gasteiger partial charge in [0, 0.05) is 17.6 Å². The average Bonchev–Trinajstić information content (AvgIpc) is 2.16. The molecule has 0 aliphatic heterocycles. The molecule has 0 saturated carbocycles. The average molecular weight is 191 g/mol. The molecule has 6 nitrogen and oxygen atoms in total. The fourth-order valence-electron chi connectivity index (χ4n) is 1.20. The van der Waals surface area contributed by atoms with Gasteiger partial charge in [0.05, 0.1) is 4.92 Å². The monoisotopic (exact) mass is 191 g/mol. The third-order valence-corrected chi connectivity index (χ3v) is 1.81. The van der Waals surface area contributed by atoms with E-state index in [9.17, 15) is 14.9 Å². The van der Waals surface area contributed by atoms with E-state index in [0.717, 1.165) is 6.20 Å². The number of pyridine rings is 2. The van der Waals surface area contributed by atoms with E-state index < -0.39 is 4.92 Å². The number of nitrogens with one attached hydrogen (secondary N) is 1. The molecule has 0 atom stereocenters. The molecular weight excluding hydrogens is 186 g/mol. The van der Waals surface area contributed by atoms with Crippen LogP contribution >= 0.6 is 0 Å². The Bertz CT molecular complexity index is 561. The van der Waals surface area contributed by atoms with Crippen molar-refractivity contribution in [2.45, 2.75) is 0 Å². The number of aromatic nitrogens is 2. The standard InChI is InChI=1S/C8H5N3O3/c12-7-2-1-5-3-9-4-6(11(13)14)8(5)10-7/h1-4H,(H,10,12). The van der Waals surface area contributed by atoms with E-state index in [-0.39, 0.29) is 16.8 Å². The number of nitrogens with zero attached hydrogens (tertiary/aromatic N) is 2. The van der Waals surface area contributed by atoms with Crippen LogP contribution in [0.1, 0.15) is 0 Å². The molecule has 0 aliphatic carbocycles. The van der Waals surface area contributed by atoms with Gasteiger partial charge in [0.15, 0.2) is 0 Å². The van der Waals surface area contributed by atoms with E-state index >= 15 is 0 Å². The maximum Gasteiger partial charge on any atom is 0.311 e. The Labute approximate surface area is 77.4 Å². The number of aromatic amines is 1. The Hall–Kier alpha value is -2.24. The molecule has 6 heteroatoms. The lowest BCUT2D eigenvalue weighted by atomic mass is 10.2. The van der Waals surface area contributed by atoms with E-state index in [0.29, 0.717) is 5.39 Å². The summed E-state index contributed by atoms with van der Waals surface area (Å²) < 4.78 is 0. The predicted molar refractivity (Wildman–Crippen MR) is 49.0 cm³/mol. The second-order valence-electron chi connectivity index (χ2n) is 2.70. The Morgan fingerprint density at radius 3 is 2.86 bits per heavy atom. The minimum atomic E-state index is -0.578. The van der Waals surface area contributed by atoms with Crippen molar-refractivity contribution in [3.05, 3.63) is 45.0 Å². The van der Waals surface area contributed by atoms with Crippen LogP contribution in [0.2, 0.25) is 0 Å². The number of hydrogen-bond donors (Lipinski definition) is 1. The Kier molecular flexibility index (Phi) is 1.74. The molecule has 0 radical (unpaired) electrons. The summed E-state index contributed by atoms with van der Waals surface area (Å²) in [6, 6.07) is 2.79. The highest BCUT2D eigenvalue weighted by Crippen LogP contribution is 2.19. The second-order valence-corrected chi connectivity index (χ2v) is 2.70. The Morgan fingerprint density at radius 1 is 1.36 bits per heavy atom. The van der Waals surface area contributed by atoms with Crippen molar-refractivity contribution in [1.29, 1.82) is 0 Å². The molecule has 2 aromatic heterocycles. The van der Waals surface area contributed by atoms with Gasteiger partial charge in [-0.1, -0.05) is 0 Å². The lowest BCUT2D eigenvalue weighted by molar-refractivity contribution is -0.383. The first kappa shape index (κ1) is 8.36. The Balaban J connectivity index is 2.91. The molecule has 14 heavy (non-hydrogen) atoms. The first-order valence-corrected chi connectivity index (χ1v) is 3.80. The van der Waals surface area contributed by atoms with Crippen LogP contribution in [-0.2, 0) is 0 Å². The van der Waals surface area contributed by atoms with E-state index in [1.165, 1.54) is 18.3 Å². The van der Waals surface area contributed by atoms with E-state index in [1.807, 2.05) is 0 Å². The molecule has 2 aromatic rings. The Morgan fingerprint density at radius 2 is 2.14 bits per heavy atom. The van der Waals surface area contributed by atoms with E-state index in [4.69, 9.17) is 0 Å². The summed E-state index contributed by atoms with van der Waals surface area (Å²) >= 11 is 0. The third-order valence-electron chi connectivity index (χ3n) is 1.81. The van der Waals surface area contributed by atoms with Gasteiger partial charge in [-0.05, 0) is 6.07 Å². The molecule has 0 spiro atoms. The number of nitro groups is 1. The van der Waals surface area contributed by atoms with Crippen LogP contribution in [0, 0.1) is 10.1 Å². The number of rotatable bonds is 1. The van der Waals surface area contributed by atoms with Gasteiger partial charge in [-0.2, -0.15) is 0 Å². The van der Waals surface area contributed by atoms with Crippen LogP contribution < -0.4 is 5.56 Å². The minimum Gasteiger partial charge on any atom is -0.316 e. The van der Waals surface area contributed by atoms with Crippen molar-refractivity contribution >= 4 is 16.6 Å². The highest BCUT2D eigenvalue weighted by Gasteiger charge is 2.12. The van der Waals surface area contributed by atoms with Gasteiger partial charge in [-0.3, -0.25) is 19.9 Å². The highest BCUT2D eigenvalue weighted by molar-refractivity contribution is 5.85. The molecule has 0 unspecified atom stereocenters. The summed E-state index contributed by atoms with van der Waals surface area (Å²) in [5.74, 6) is 0. The van der Waals surface area contributed by atoms with Crippen molar-refractivity contribution in [3.63, 3.8) is 0 Å². The fourth-order valence-corrected chi connectivity index (χ4v) is 1.20. The molecule has 2 heterocycles. The molecule has 1 N–H and O–H groups in total. The summed E-state index contributed by atoms with van der Waals surface area (Å²) in [4.78, 5) is 27.1. The van der Waals surface area contributed by atoms with Crippen molar-refractivity contribution in [1.82, 2.24) is 9.97 Å². The van der Waals surface area contributed by atoms with Crippen LogP contribution in [0.15, 0.2) is 29.3 Å². The van der Waals surface area contributed by atoms with Crippen molar-refractivity contribution in [2.24, 2.45) is 0 Å². The van der Waals surface area contributed by atoms with E-state index in [2.05, 4.69) is 9.97 Å². The van der Waals surface area contributed by atoms with Crippen molar-refractivity contribution < 1.29 is 4.92 Å². The maximum absolute atomic E-state index is 11.0. The largest absolute Gasteiger partial charge is 0.316 e. The van der Waals surface area contributed by atoms with Crippen molar-refractivity contribution in [2.75, 3.05) is 0 Å². The van der Waals surface area contributed by atoms with Crippen molar-refractivity contribution in [3.8, 4) is 0 Å². The molecule has 0 aromatic carbocycles. The SMILES string of the molecule is O=c1ccc2cncc([N+](=O)[O-])c2[nH]1. The summed E-state index contributed by atoms with van der Waals surface area (Å²) in [7, 11) is 0. The fraction of sp³-hybridized carbons (Fsp3) is 0. The van der Waals surface area contributed by atoms with Gasteiger partial charge >= 0.3 is 5.69 Å². The first-order chi connectivity index (χ1) is 6.68. The highest BCUT2D eigenvalue weighted by atomic mass is 16.6. The predicted octanol–water partition coefficient (Wildman–Crippen LogP) is 0.831. The van der Waals surface area contributed by atoms with E-state index in [1.54, 1.807) is 0 Å². The molecule has 70 valence electrons. The van der Waals surface area contributed by atoms with Gasteiger partial charge in [0.25, 0.3) is 0 Å². The smallest absolute Gasteiger partial charge is 0.311 e. The number of fused-ring (bicyclic) bond motifs is 1. The van der Waals surface area contributed by atoms with Gasteiger partial charge in [0.2, 0.25) is 5.56 Å². The van der Waals surface area contributed by atoms with Gasteiger partial charge in [-0.15, -0.1) is 0 Å². The zero-order chi connectivity index (χ0) is 10.1. The van der Waals surface area contributed by atoms with Gasteiger partial charge in [0.1, 0.15) is 11.7 Å². The molecular formula is C8H5N3O3. The lowest BCUT2D eigenvalue weighted by Gasteiger charge is -1.96. The van der Waals surface area contributed by atoms with Gasteiger partial charge < -0.3 is 4.98 Å². The third kappa shape index (κ3) is 1.22. The van der Waals surface area contributed by atoms with Crippen LogP contribution in [0.3, 0.4) is 0 Å². The summed E-state index contributed by atoms with van der Waals surface area (Å²) in [5, 5.41) is 11.1. The minimum absolute atomic E-state index is 0.194. The molecule has 0 aliphatic rings. The summed E-state index contributed by atoms with van der Waals surface area (Å²) in [6.45, 7) is 0. The van der Waals surface area contributed by atoms with Crippen LogP contribution in [0.25, 0.3) is 10.9 Å². The quantitative estimate of drug-likeness (QED) is 0.534. The number of H-pyrrole nitrogens is 1. The van der Waals surface area contributed by atoms with Gasteiger partial charge in [-0.25, -0.2) is 0 Å². The molecule has 0 bridgehead atoms. The van der Waals surface area contributed by atoms with Crippen LogP contribution in [0.5, 0.6) is 0 Å². The molecule has 2 rings (SSSR count). The summed E-state index contributed by atoms with van der Waals surface area (Å²) in [5.41, 5.74) is -0.357. The number of hydrogen-bond acceptors (Lipinski definition) is 4. The maximum atomic E-state index is 11.0. The zero-order valence-corrected chi connectivity index (χ0v) is 6.93. The van der Waals surface area contributed by atoms with Crippen LogP contribution in [0.4, 0.5) is 5.69 Å². The molecule has 0 saturated heterocycles. The lowest BCUT2D eigenvalue weighted by Crippen LogP contribution is -2.04. The second kappa shape index (κ2) is 2.91. The normalized spacial score (nSPS) is 10.3. The first-order valence-electron chi connectivity index (χ1n) is 3.80. The zero-order valence-electron chi connectivity index (χ0n) is 6.93.